The molecular formula is C12H23N3O. The van der Waals surface area contributed by atoms with Gasteiger partial charge in [0.25, 0.3) is 0 Å². The van der Waals surface area contributed by atoms with Gasteiger partial charge in [0.05, 0.1) is 5.69 Å². The SMILES string of the molecule is CCCNCc1cnc(C)n1CCCOC. The fourth-order valence-corrected chi connectivity index (χ4v) is 1.72. The largest absolute Gasteiger partial charge is 0.385 e. The average Bonchev–Trinajstić information content (AvgIpc) is 2.62. The van der Waals surface area contributed by atoms with E-state index < -0.39 is 0 Å². The smallest absolute Gasteiger partial charge is 0.105 e. The molecule has 1 N–H and O–H groups in total. The molecule has 0 amide bonds. The number of nitrogens with zero attached hydrogens (tertiary/aromatic N) is 2. The van der Waals surface area contributed by atoms with Crippen molar-refractivity contribution in [2.45, 2.75) is 39.8 Å². The molecule has 0 saturated carbocycles. The number of ether oxygens (including phenoxy) is 1. The Morgan fingerprint density at radius 2 is 2.31 bits per heavy atom. The van der Waals surface area contributed by atoms with E-state index in [1.54, 1.807) is 7.11 Å². The van der Waals surface area contributed by atoms with Crippen molar-refractivity contribution in [2.24, 2.45) is 0 Å². The minimum absolute atomic E-state index is 0.805. The summed E-state index contributed by atoms with van der Waals surface area (Å²) in [6.07, 6.45) is 4.16. The van der Waals surface area contributed by atoms with Crippen LogP contribution in [0.1, 0.15) is 31.3 Å². The summed E-state index contributed by atoms with van der Waals surface area (Å²) in [5.74, 6) is 1.09. The van der Waals surface area contributed by atoms with Crippen LogP contribution in [0.2, 0.25) is 0 Å². The highest BCUT2D eigenvalue weighted by molar-refractivity contribution is 5.04. The maximum Gasteiger partial charge on any atom is 0.105 e. The summed E-state index contributed by atoms with van der Waals surface area (Å²) in [6, 6.07) is 0. The highest BCUT2D eigenvalue weighted by atomic mass is 16.5. The standard InChI is InChI=1S/C12H23N3O/c1-4-6-13-9-12-10-14-11(2)15(12)7-5-8-16-3/h10,13H,4-9H2,1-3H3. The highest BCUT2D eigenvalue weighted by Crippen LogP contribution is 2.06. The van der Waals surface area contributed by atoms with E-state index in [9.17, 15) is 0 Å². The second kappa shape index (κ2) is 7.41. The quantitative estimate of drug-likeness (QED) is 0.685. The molecule has 1 aromatic heterocycles. The lowest BCUT2D eigenvalue weighted by Crippen LogP contribution is -2.17. The Kier molecular flexibility index (Phi) is 6.11. The lowest BCUT2D eigenvalue weighted by molar-refractivity contribution is 0.189. The van der Waals surface area contributed by atoms with Crippen LogP contribution in [0.15, 0.2) is 6.20 Å². The van der Waals surface area contributed by atoms with E-state index in [0.717, 1.165) is 44.9 Å². The molecule has 0 aliphatic heterocycles. The van der Waals surface area contributed by atoms with Gasteiger partial charge in [-0.2, -0.15) is 0 Å². The number of rotatable bonds is 8. The molecule has 16 heavy (non-hydrogen) atoms. The fraction of sp³-hybridized carbons (Fsp3) is 0.750. The summed E-state index contributed by atoms with van der Waals surface area (Å²) in [7, 11) is 1.74. The molecule has 0 bridgehead atoms. The highest BCUT2D eigenvalue weighted by Gasteiger charge is 2.05. The summed E-state index contributed by atoms with van der Waals surface area (Å²) >= 11 is 0. The Balaban J connectivity index is 2.48. The van der Waals surface area contributed by atoms with Crippen molar-refractivity contribution in [3.05, 3.63) is 17.7 Å². The molecule has 92 valence electrons. The normalized spacial score (nSPS) is 10.9. The number of imidazole rings is 1. The molecule has 4 heteroatoms. The van der Waals surface area contributed by atoms with E-state index in [0.29, 0.717) is 0 Å². The van der Waals surface area contributed by atoms with Crippen molar-refractivity contribution < 1.29 is 4.74 Å². The van der Waals surface area contributed by atoms with E-state index in [1.165, 1.54) is 5.69 Å². The first-order chi connectivity index (χ1) is 7.79. The van der Waals surface area contributed by atoms with Gasteiger partial charge in [0.15, 0.2) is 0 Å². The molecule has 1 heterocycles. The zero-order valence-electron chi connectivity index (χ0n) is 10.6. The first-order valence-corrected chi connectivity index (χ1v) is 6.00. The first-order valence-electron chi connectivity index (χ1n) is 6.00. The van der Waals surface area contributed by atoms with E-state index in [-0.39, 0.29) is 0 Å². The zero-order chi connectivity index (χ0) is 11.8. The molecule has 0 aromatic carbocycles. The number of nitrogens with one attached hydrogen (secondary N) is 1. The second-order valence-electron chi connectivity index (χ2n) is 3.97. The van der Waals surface area contributed by atoms with Gasteiger partial charge in [-0.15, -0.1) is 0 Å². The van der Waals surface area contributed by atoms with Gasteiger partial charge in [-0.1, -0.05) is 6.92 Å². The Bertz CT molecular complexity index is 296. The Morgan fingerprint density at radius 1 is 1.50 bits per heavy atom. The molecule has 0 saturated heterocycles. The third-order valence-corrected chi connectivity index (χ3v) is 2.60. The molecule has 0 atom stereocenters. The number of methoxy groups -OCH3 is 1. The summed E-state index contributed by atoms with van der Waals surface area (Å²) in [6.45, 7) is 7.98. The fourth-order valence-electron chi connectivity index (χ4n) is 1.72. The summed E-state index contributed by atoms with van der Waals surface area (Å²) in [5, 5.41) is 3.40. The molecule has 0 aliphatic rings. The van der Waals surface area contributed by atoms with Crippen LogP contribution in [0, 0.1) is 6.92 Å². The monoisotopic (exact) mass is 225 g/mol. The Labute approximate surface area is 98.0 Å². The van der Waals surface area contributed by atoms with Crippen LogP contribution >= 0.6 is 0 Å². The second-order valence-corrected chi connectivity index (χ2v) is 3.97. The summed E-state index contributed by atoms with van der Waals surface area (Å²) in [4.78, 5) is 4.36. The minimum atomic E-state index is 0.805. The topological polar surface area (TPSA) is 39.1 Å². The van der Waals surface area contributed by atoms with Gasteiger partial charge in [-0.25, -0.2) is 4.98 Å². The van der Waals surface area contributed by atoms with E-state index in [2.05, 4.69) is 28.7 Å². The van der Waals surface area contributed by atoms with Gasteiger partial charge in [0, 0.05) is 33.0 Å². The van der Waals surface area contributed by atoms with Gasteiger partial charge in [-0.05, 0) is 26.3 Å². The predicted octanol–water partition coefficient (Wildman–Crippen LogP) is 1.73. The zero-order valence-corrected chi connectivity index (χ0v) is 10.6. The van der Waals surface area contributed by atoms with Crippen LogP contribution in [-0.2, 0) is 17.8 Å². The van der Waals surface area contributed by atoms with Crippen LogP contribution in [0.3, 0.4) is 0 Å². The van der Waals surface area contributed by atoms with Gasteiger partial charge in [0.1, 0.15) is 5.82 Å². The van der Waals surface area contributed by atoms with Gasteiger partial charge < -0.3 is 14.6 Å². The van der Waals surface area contributed by atoms with Crippen molar-refractivity contribution in [3.8, 4) is 0 Å². The molecule has 0 spiro atoms. The Morgan fingerprint density at radius 3 is 3.00 bits per heavy atom. The van der Waals surface area contributed by atoms with E-state index in [1.807, 2.05) is 6.20 Å². The van der Waals surface area contributed by atoms with Gasteiger partial charge >= 0.3 is 0 Å². The van der Waals surface area contributed by atoms with Crippen molar-refractivity contribution in [3.63, 3.8) is 0 Å². The van der Waals surface area contributed by atoms with E-state index >= 15 is 0 Å². The third kappa shape index (κ3) is 3.94. The van der Waals surface area contributed by atoms with Crippen LogP contribution in [0.25, 0.3) is 0 Å². The molecule has 0 fully saturated rings. The predicted molar refractivity (Wildman–Crippen MR) is 65.5 cm³/mol. The molecule has 1 rings (SSSR count). The average molecular weight is 225 g/mol. The number of hydrogen-bond donors (Lipinski definition) is 1. The van der Waals surface area contributed by atoms with Crippen molar-refractivity contribution >= 4 is 0 Å². The van der Waals surface area contributed by atoms with Crippen molar-refractivity contribution in [2.75, 3.05) is 20.3 Å². The third-order valence-electron chi connectivity index (χ3n) is 2.60. The molecule has 0 unspecified atom stereocenters. The van der Waals surface area contributed by atoms with Gasteiger partial charge in [0.2, 0.25) is 0 Å². The van der Waals surface area contributed by atoms with Crippen LogP contribution in [-0.4, -0.2) is 29.8 Å². The van der Waals surface area contributed by atoms with Crippen LogP contribution < -0.4 is 5.32 Å². The molecular weight excluding hydrogens is 202 g/mol. The maximum absolute atomic E-state index is 5.07. The van der Waals surface area contributed by atoms with Crippen molar-refractivity contribution in [1.82, 2.24) is 14.9 Å². The summed E-state index contributed by atoms with van der Waals surface area (Å²) < 4.78 is 7.33. The Hall–Kier alpha value is -0.870. The van der Waals surface area contributed by atoms with Crippen LogP contribution in [0.4, 0.5) is 0 Å². The number of hydrogen-bond acceptors (Lipinski definition) is 3. The lowest BCUT2D eigenvalue weighted by Gasteiger charge is -2.10. The lowest BCUT2D eigenvalue weighted by atomic mass is 10.3. The maximum atomic E-state index is 5.07. The molecule has 1 aromatic rings. The van der Waals surface area contributed by atoms with Crippen molar-refractivity contribution in [1.29, 1.82) is 0 Å². The minimum Gasteiger partial charge on any atom is -0.385 e. The molecule has 0 radical (unpaired) electrons. The summed E-state index contributed by atoms with van der Waals surface area (Å²) in [5.41, 5.74) is 1.27. The van der Waals surface area contributed by atoms with E-state index in [4.69, 9.17) is 4.74 Å². The molecule has 4 nitrogen and oxygen atoms in total. The van der Waals surface area contributed by atoms with Crippen LogP contribution in [0.5, 0.6) is 0 Å². The van der Waals surface area contributed by atoms with Gasteiger partial charge in [-0.3, -0.25) is 0 Å². The number of aryl methyl sites for hydroxylation is 1. The molecule has 0 aliphatic carbocycles. The first kappa shape index (κ1) is 13.2. The number of aromatic nitrogens is 2.